The Hall–Kier alpha value is -2.77. The number of primary amides is 1. The zero-order chi connectivity index (χ0) is 14.4. The average Bonchev–Trinajstić information content (AvgIpc) is 2.35. The van der Waals surface area contributed by atoms with E-state index in [2.05, 4.69) is 10.5 Å². The summed E-state index contributed by atoms with van der Waals surface area (Å²) in [6.07, 6.45) is -0.0550. The molecule has 8 nitrogen and oxygen atoms in total. The van der Waals surface area contributed by atoms with Crippen molar-refractivity contribution >= 4 is 23.2 Å². The van der Waals surface area contributed by atoms with Gasteiger partial charge in [0.1, 0.15) is 0 Å². The number of nitro groups is 1. The van der Waals surface area contributed by atoms with Gasteiger partial charge < -0.3 is 5.73 Å². The molecule has 0 heterocycles. The van der Waals surface area contributed by atoms with Crippen LogP contribution in [0.3, 0.4) is 0 Å². The summed E-state index contributed by atoms with van der Waals surface area (Å²) in [6.45, 7) is 1.54. The number of nitrogens with two attached hydrogens (primary N) is 1. The van der Waals surface area contributed by atoms with E-state index in [0.29, 0.717) is 5.71 Å². The van der Waals surface area contributed by atoms with Gasteiger partial charge in [0.2, 0.25) is 5.91 Å². The summed E-state index contributed by atoms with van der Waals surface area (Å²) in [6, 6.07) is 5.06. The first-order valence-corrected chi connectivity index (χ1v) is 5.26. The van der Waals surface area contributed by atoms with Crippen LogP contribution in [0.25, 0.3) is 0 Å². The van der Waals surface area contributed by atoms with Gasteiger partial charge >= 0.3 is 0 Å². The second kappa shape index (κ2) is 6.24. The third-order valence-corrected chi connectivity index (χ3v) is 2.12. The fourth-order valence-corrected chi connectivity index (χ4v) is 1.24. The van der Waals surface area contributed by atoms with E-state index in [1.165, 1.54) is 24.3 Å². The molecule has 2 amide bonds. The van der Waals surface area contributed by atoms with Gasteiger partial charge in [0, 0.05) is 23.4 Å². The number of nitro benzene ring substituents is 1. The van der Waals surface area contributed by atoms with Gasteiger partial charge in [0.25, 0.3) is 11.6 Å². The highest BCUT2D eigenvalue weighted by molar-refractivity contribution is 6.00. The molecule has 0 fully saturated rings. The van der Waals surface area contributed by atoms with Gasteiger partial charge in [-0.25, -0.2) is 5.43 Å². The summed E-state index contributed by atoms with van der Waals surface area (Å²) in [4.78, 5) is 32.1. The quantitative estimate of drug-likeness (QED) is 0.457. The molecule has 0 spiro atoms. The highest BCUT2D eigenvalue weighted by atomic mass is 16.6. The Morgan fingerprint density at radius 3 is 2.42 bits per heavy atom. The fourth-order valence-electron chi connectivity index (χ4n) is 1.24. The lowest BCUT2D eigenvalue weighted by Gasteiger charge is -2.01. The molecule has 0 bridgehead atoms. The minimum absolute atomic E-state index is 0.0550. The number of rotatable bonds is 5. The van der Waals surface area contributed by atoms with Crippen LogP contribution in [-0.2, 0) is 4.79 Å². The molecule has 19 heavy (non-hydrogen) atoms. The van der Waals surface area contributed by atoms with Crippen molar-refractivity contribution in [2.75, 3.05) is 0 Å². The van der Waals surface area contributed by atoms with Crippen LogP contribution in [0.1, 0.15) is 23.7 Å². The number of carbonyl (C=O) groups excluding carboxylic acids is 2. The van der Waals surface area contributed by atoms with Gasteiger partial charge in [-0.3, -0.25) is 19.7 Å². The molecule has 0 aromatic heterocycles. The van der Waals surface area contributed by atoms with Crippen molar-refractivity contribution in [1.29, 1.82) is 0 Å². The first-order valence-electron chi connectivity index (χ1n) is 5.26. The monoisotopic (exact) mass is 264 g/mol. The maximum absolute atomic E-state index is 11.6. The van der Waals surface area contributed by atoms with E-state index in [0.717, 1.165) is 0 Å². The highest BCUT2D eigenvalue weighted by Gasteiger charge is 2.09. The number of non-ortho nitro benzene ring substituents is 1. The minimum atomic E-state index is -0.559. The first-order chi connectivity index (χ1) is 8.90. The molecule has 100 valence electrons. The number of hydrogen-bond acceptors (Lipinski definition) is 5. The van der Waals surface area contributed by atoms with Crippen LogP contribution in [-0.4, -0.2) is 22.4 Å². The molecule has 0 aliphatic rings. The maximum atomic E-state index is 11.6. The lowest BCUT2D eigenvalue weighted by molar-refractivity contribution is -0.384. The van der Waals surface area contributed by atoms with Crippen LogP contribution in [0.15, 0.2) is 29.4 Å². The molecule has 1 rings (SSSR count). The molecule has 3 N–H and O–H groups in total. The number of benzene rings is 1. The van der Waals surface area contributed by atoms with Crippen molar-refractivity contribution in [1.82, 2.24) is 5.43 Å². The molecular weight excluding hydrogens is 252 g/mol. The van der Waals surface area contributed by atoms with E-state index >= 15 is 0 Å². The van der Waals surface area contributed by atoms with Crippen molar-refractivity contribution in [3.05, 3.63) is 39.9 Å². The molecule has 0 saturated carbocycles. The number of nitrogens with one attached hydrogen (secondary N) is 1. The molecule has 0 aliphatic heterocycles. The van der Waals surface area contributed by atoms with Crippen LogP contribution >= 0.6 is 0 Å². The summed E-state index contributed by atoms with van der Waals surface area (Å²) < 4.78 is 0. The average molecular weight is 264 g/mol. The van der Waals surface area contributed by atoms with Crippen LogP contribution in [0.2, 0.25) is 0 Å². The maximum Gasteiger partial charge on any atom is 0.271 e. The summed E-state index contributed by atoms with van der Waals surface area (Å²) >= 11 is 0. The Kier molecular flexibility index (Phi) is 4.69. The molecule has 1 aromatic rings. The number of amides is 2. The molecule has 0 saturated heterocycles. The van der Waals surface area contributed by atoms with Crippen LogP contribution in [0.4, 0.5) is 5.69 Å². The summed E-state index contributed by atoms with van der Waals surface area (Å²) in [7, 11) is 0. The van der Waals surface area contributed by atoms with Gasteiger partial charge in [-0.05, 0) is 19.1 Å². The molecule has 1 aromatic carbocycles. The molecule has 8 heteroatoms. The summed E-state index contributed by atoms with van der Waals surface area (Å²) in [5, 5.41) is 14.1. The van der Waals surface area contributed by atoms with Crippen molar-refractivity contribution < 1.29 is 14.5 Å². The van der Waals surface area contributed by atoms with Gasteiger partial charge in [0.15, 0.2) is 0 Å². The lowest BCUT2D eigenvalue weighted by Crippen LogP contribution is -2.21. The molecule has 0 aliphatic carbocycles. The smallest absolute Gasteiger partial charge is 0.271 e. The summed E-state index contributed by atoms with van der Waals surface area (Å²) in [5.74, 6) is -1.08. The van der Waals surface area contributed by atoms with E-state index in [-0.39, 0.29) is 17.7 Å². The molecule has 0 atom stereocenters. The van der Waals surface area contributed by atoms with Gasteiger partial charge in [-0.2, -0.15) is 5.10 Å². The van der Waals surface area contributed by atoms with E-state index in [9.17, 15) is 19.7 Å². The van der Waals surface area contributed by atoms with Gasteiger partial charge in [-0.15, -0.1) is 0 Å². The van der Waals surface area contributed by atoms with Crippen molar-refractivity contribution in [3.63, 3.8) is 0 Å². The number of hydrazone groups is 1. The molecule has 0 radical (unpaired) electrons. The van der Waals surface area contributed by atoms with Crippen molar-refractivity contribution in [3.8, 4) is 0 Å². The van der Waals surface area contributed by atoms with Crippen LogP contribution in [0.5, 0.6) is 0 Å². The Labute approximate surface area is 108 Å². The standard InChI is InChI=1S/C11H12N4O4/c1-7(6-10(12)16)13-14-11(17)8-2-4-9(5-3-8)15(18)19/h2-5H,6H2,1H3,(H2,12,16)(H,14,17). The largest absolute Gasteiger partial charge is 0.369 e. The predicted octanol–water partition coefficient (Wildman–Crippen LogP) is 0.576. The highest BCUT2D eigenvalue weighted by Crippen LogP contribution is 2.11. The van der Waals surface area contributed by atoms with Crippen molar-refractivity contribution in [2.24, 2.45) is 10.8 Å². The minimum Gasteiger partial charge on any atom is -0.369 e. The SMILES string of the molecule is CC(CC(N)=O)=NNC(=O)c1ccc([N+](=O)[O-])cc1. The number of hydrogen-bond donors (Lipinski definition) is 2. The zero-order valence-corrected chi connectivity index (χ0v) is 10.1. The number of carbonyl (C=O) groups is 2. The predicted molar refractivity (Wildman–Crippen MR) is 67.5 cm³/mol. The van der Waals surface area contributed by atoms with E-state index in [1.54, 1.807) is 6.92 Å². The molecular formula is C11H12N4O4. The van der Waals surface area contributed by atoms with E-state index in [4.69, 9.17) is 5.73 Å². The Morgan fingerprint density at radius 2 is 1.95 bits per heavy atom. The molecule has 0 unspecified atom stereocenters. The second-order valence-corrected chi connectivity index (χ2v) is 3.74. The zero-order valence-electron chi connectivity index (χ0n) is 10.1. The fraction of sp³-hybridized carbons (Fsp3) is 0.182. The topological polar surface area (TPSA) is 128 Å². The Morgan fingerprint density at radius 1 is 1.37 bits per heavy atom. The van der Waals surface area contributed by atoms with Crippen LogP contribution in [0, 0.1) is 10.1 Å². The Bertz CT molecular complexity index is 536. The number of nitrogens with zero attached hydrogens (tertiary/aromatic N) is 2. The third-order valence-electron chi connectivity index (χ3n) is 2.12. The van der Waals surface area contributed by atoms with Crippen molar-refractivity contribution in [2.45, 2.75) is 13.3 Å². The first kappa shape index (κ1) is 14.3. The third kappa shape index (κ3) is 4.54. The second-order valence-electron chi connectivity index (χ2n) is 3.74. The van der Waals surface area contributed by atoms with Gasteiger partial charge in [0.05, 0.1) is 11.3 Å². The summed E-state index contributed by atoms with van der Waals surface area (Å²) in [5.41, 5.74) is 7.66. The van der Waals surface area contributed by atoms with Crippen LogP contribution < -0.4 is 11.2 Å². The van der Waals surface area contributed by atoms with E-state index in [1.807, 2.05) is 0 Å². The normalized spacial score (nSPS) is 10.9. The van der Waals surface area contributed by atoms with E-state index < -0.39 is 16.7 Å². The van der Waals surface area contributed by atoms with Gasteiger partial charge in [-0.1, -0.05) is 0 Å². The lowest BCUT2D eigenvalue weighted by atomic mass is 10.2. The Balaban J connectivity index is 2.68.